The second-order valence-corrected chi connectivity index (χ2v) is 9.71. The lowest BCUT2D eigenvalue weighted by Gasteiger charge is -2.14. The van der Waals surface area contributed by atoms with Crippen molar-refractivity contribution in [1.82, 2.24) is 9.29 Å². The highest BCUT2D eigenvalue weighted by Gasteiger charge is 2.31. The van der Waals surface area contributed by atoms with E-state index in [-0.39, 0.29) is 16.4 Å². The summed E-state index contributed by atoms with van der Waals surface area (Å²) in [6, 6.07) is 9.17. The third-order valence-corrected chi connectivity index (χ3v) is 7.69. The highest BCUT2D eigenvalue weighted by atomic mass is 32.2. The maximum Gasteiger partial charge on any atom is 0.293 e. The molecule has 0 spiro atoms. The lowest BCUT2D eigenvalue weighted by atomic mass is 10.1. The van der Waals surface area contributed by atoms with E-state index in [1.807, 2.05) is 36.6 Å². The third-order valence-electron chi connectivity index (χ3n) is 4.92. The molecule has 1 saturated heterocycles. The van der Waals surface area contributed by atoms with E-state index in [9.17, 15) is 13.2 Å². The van der Waals surface area contributed by atoms with Gasteiger partial charge in [0.1, 0.15) is 10.7 Å². The molecular weight excluding hydrogens is 410 g/mol. The van der Waals surface area contributed by atoms with E-state index in [0.717, 1.165) is 29.7 Å². The van der Waals surface area contributed by atoms with Crippen LogP contribution in [0.15, 0.2) is 45.0 Å². The molecule has 3 heterocycles. The number of hydrogen-bond donors (Lipinski definition) is 1. The SMILES string of the molecule is Cc1ccccc1-c1csc(NC(=O)c2cc(S(=O)(=O)N3CCCC3)c(C)o2)n1. The van der Waals surface area contributed by atoms with Crippen LogP contribution in [0.5, 0.6) is 0 Å². The van der Waals surface area contributed by atoms with Crippen molar-refractivity contribution >= 4 is 32.4 Å². The second-order valence-electron chi connectivity index (χ2n) is 6.95. The number of thiazole rings is 1. The molecule has 1 amide bonds. The molecule has 2 aromatic heterocycles. The summed E-state index contributed by atoms with van der Waals surface area (Å²) in [6.45, 7) is 4.55. The number of aryl methyl sites for hydroxylation is 2. The Hall–Kier alpha value is -2.49. The summed E-state index contributed by atoms with van der Waals surface area (Å²) >= 11 is 1.30. The van der Waals surface area contributed by atoms with Gasteiger partial charge in [0, 0.05) is 30.1 Å². The molecule has 1 aliphatic rings. The molecule has 1 fully saturated rings. The van der Waals surface area contributed by atoms with E-state index in [0.29, 0.717) is 18.2 Å². The van der Waals surface area contributed by atoms with Crippen LogP contribution >= 0.6 is 11.3 Å². The quantitative estimate of drug-likeness (QED) is 0.658. The minimum Gasteiger partial charge on any atom is -0.455 e. The fourth-order valence-corrected chi connectivity index (χ4v) is 5.76. The zero-order chi connectivity index (χ0) is 20.6. The van der Waals surface area contributed by atoms with Crippen LogP contribution in [-0.4, -0.2) is 36.7 Å². The molecule has 29 heavy (non-hydrogen) atoms. The van der Waals surface area contributed by atoms with E-state index in [2.05, 4.69) is 10.3 Å². The van der Waals surface area contributed by atoms with Crippen LogP contribution < -0.4 is 5.32 Å². The smallest absolute Gasteiger partial charge is 0.293 e. The minimum absolute atomic E-state index is 0.0456. The van der Waals surface area contributed by atoms with Gasteiger partial charge in [0.2, 0.25) is 10.0 Å². The van der Waals surface area contributed by atoms with Gasteiger partial charge in [-0.05, 0) is 32.3 Å². The number of amides is 1. The summed E-state index contributed by atoms with van der Waals surface area (Å²) in [7, 11) is -3.65. The Morgan fingerprint density at radius 3 is 2.66 bits per heavy atom. The average Bonchev–Trinajstić information content (AvgIpc) is 3.43. The first-order valence-corrected chi connectivity index (χ1v) is 11.6. The maximum atomic E-state index is 12.8. The van der Waals surface area contributed by atoms with Crippen LogP contribution in [0, 0.1) is 13.8 Å². The van der Waals surface area contributed by atoms with Crippen LogP contribution in [0.25, 0.3) is 11.3 Å². The van der Waals surface area contributed by atoms with E-state index in [1.165, 1.54) is 21.7 Å². The molecule has 4 rings (SSSR count). The predicted octanol–water partition coefficient (Wildman–Crippen LogP) is 4.06. The van der Waals surface area contributed by atoms with E-state index >= 15 is 0 Å². The third kappa shape index (κ3) is 3.85. The molecule has 1 aliphatic heterocycles. The number of carbonyl (C=O) groups excluding carboxylic acids is 1. The number of benzene rings is 1. The molecular formula is C20H21N3O4S2. The normalized spacial score (nSPS) is 15.0. The largest absolute Gasteiger partial charge is 0.455 e. The number of nitrogens with one attached hydrogen (secondary N) is 1. The number of rotatable bonds is 5. The molecule has 0 bridgehead atoms. The molecule has 0 aliphatic carbocycles. The zero-order valence-electron chi connectivity index (χ0n) is 16.1. The molecule has 9 heteroatoms. The highest BCUT2D eigenvalue weighted by Crippen LogP contribution is 2.29. The zero-order valence-corrected chi connectivity index (χ0v) is 17.8. The Kier molecular flexibility index (Phi) is 5.28. The molecule has 1 aromatic carbocycles. The van der Waals surface area contributed by atoms with Crippen LogP contribution in [0.1, 0.15) is 34.7 Å². The Labute approximate surface area is 173 Å². The van der Waals surface area contributed by atoms with Crippen molar-refractivity contribution in [2.75, 3.05) is 18.4 Å². The minimum atomic E-state index is -3.65. The van der Waals surface area contributed by atoms with Gasteiger partial charge in [-0.25, -0.2) is 13.4 Å². The summed E-state index contributed by atoms with van der Waals surface area (Å²) in [4.78, 5) is 17.1. The summed E-state index contributed by atoms with van der Waals surface area (Å²) in [5.74, 6) is -0.364. The van der Waals surface area contributed by atoms with Crippen LogP contribution in [0.3, 0.4) is 0 Å². The molecule has 0 saturated carbocycles. The van der Waals surface area contributed by atoms with Crippen molar-refractivity contribution in [2.45, 2.75) is 31.6 Å². The van der Waals surface area contributed by atoms with Crippen molar-refractivity contribution in [1.29, 1.82) is 0 Å². The fraction of sp³-hybridized carbons (Fsp3) is 0.300. The Morgan fingerprint density at radius 1 is 1.21 bits per heavy atom. The lowest BCUT2D eigenvalue weighted by molar-refractivity contribution is 0.0995. The van der Waals surface area contributed by atoms with Crippen molar-refractivity contribution < 1.29 is 17.6 Å². The summed E-state index contributed by atoms with van der Waals surface area (Å²) in [5, 5.41) is 4.99. The second kappa shape index (κ2) is 7.74. The fourth-order valence-electron chi connectivity index (χ4n) is 3.37. The monoisotopic (exact) mass is 431 g/mol. The Bertz CT molecular complexity index is 1160. The van der Waals surface area contributed by atoms with Crippen molar-refractivity contribution in [3.63, 3.8) is 0 Å². The first kappa shape index (κ1) is 19.8. The number of nitrogens with zero attached hydrogens (tertiary/aromatic N) is 2. The van der Waals surface area contributed by atoms with Gasteiger partial charge in [0.15, 0.2) is 10.9 Å². The van der Waals surface area contributed by atoms with E-state index in [1.54, 1.807) is 6.92 Å². The van der Waals surface area contributed by atoms with Crippen LogP contribution in [-0.2, 0) is 10.0 Å². The summed E-state index contributed by atoms with van der Waals surface area (Å²) in [5.41, 5.74) is 2.86. The number of aromatic nitrogens is 1. The average molecular weight is 432 g/mol. The van der Waals surface area contributed by atoms with Crippen molar-refractivity contribution in [3.8, 4) is 11.3 Å². The van der Waals surface area contributed by atoms with E-state index < -0.39 is 15.9 Å². The van der Waals surface area contributed by atoms with Gasteiger partial charge in [-0.15, -0.1) is 11.3 Å². The number of hydrogen-bond acceptors (Lipinski definition) is 6. The molecule has 0 atom stereocenters. The van der Waals surface area contributed by atoms with E-state index in [4.69, 9.17) is 4.42 Å². The highest BCUT2D eigenvalue weighted by molar-refractivity contribution is 7.89. The Balaban J connectivity index is 1.54. The van der Waals surface area contributed by atoms with Gasteiger partial charge in [-0.3, -0.25) is 10.1 Å². The van der Waals surface area contributed by atoms with Gasteiger partial charge >= 0.3 is 0 Å². The Morgan fingerprint density at radius 2 is 1.93 bits per heavy atom. The number of furan rings is 1. The number of sulfonamides is 1. The molecule has 0 unspecified atom stereocenters. The van der Waals surface area contributed by atoms with Gasteiger partial charge < -0.3 is 4.42 Å². The summed E-state index contributed by atoms with van der Waals surface area (Å²) in [6.07, 6.45) is 1.69. The van der Waals surface area contributed by atoms with Crippen molar-refractivity contribution in [2.24, 2.45) is 0 Å². The number of anilines is 1. The van der Waals surface area contributed by atoms with Gasteiger partial charge in [0.25, 0.3) is 5.91 Å². The number of carbonyl (C=O) groups is 1. The molecule has 7 nitrogen and oxygen atoms in total. The standard InChI is InChI=1S/C20H21N3O4S2/c1-13-7-3-4-8-15(13)16-12-28-20(21-16)22-19(24)17-11-18(14(2)27-17)29(25,26)23-9-5-6-10-23/h3-4,7-8,11-12H,5-6,9-10H2,1-2H3,(H,21,22,24). The molecule has 3 aromatic rings. The maximum absolute atomic E-state index is 12.8. The summed E-state index contributed by atoms with van der Waals surface area (Å²) < 4.78 is 32.4. The first-order valence-electron chi connectivity index (χ1n) is 9.30. The molecule has 1 N–H and O–H groups in total. The van der Waals surface area contributed by atoms with Crippen LogP contribution in [0.2, 0.25) is 0 Å². The first-order chi connectivity index (χ1) is 13.9. The topological polar surface area (TPSA) is 92.5 Å². The van der Waals surface area contributed by atoms with Gasteiger partial charge in [-0.1, -0.05) is 24.3 Å². The van der Waals surface area contributed by atoms with Crippen LogP contribution in [0.4, 0.5) is 5.13 Å². The predicted molar refractivity (Wildman–Crippen MR) is 112 cm³/mol. The van der Waals surface area contributed by atoms with Crippen molar-refractivity contribution in [3.05, 3.63) is 52.8 Å². The lowest BCUT2D eigenvalue weighted by Crippen LogP contribution is -2.28. The van der Waals surface area contributed by atoms with Gasteiger partial charge in [0.05, 0.1) is 5.69 Å². The molecule has 152 valence electrons. The molecule has 0 radical (unpaired) electrons. The van der Waals surface area contributed by atoms with Gasteiger partial charge in [-0.2, -0.15) is 4.31 Å².